The molecule has 0 atom stereocenters. The van der Waals surface area contributed by atoms with Gasteiger partial charge in [-0.3, -0.25) is 4.79 Å². The number of hydrogen-bond acceptors (Lipinski definition) is 5. The van der Waals surface area contributed by atoms with Crippen molar-refractivity contribution in [3.63, 3.8) is 0 Å². The Labute approximate surface area is 212 Å². The topological polar surface area (TPSA) is 80.2 Å². The average molecular weight is 500 g/mol. The highest BCUT2D eigenvalue weighted by molar-refractivity contribution is 5.78. The lowest BCUT2D eigenvalue weighted by atomic mass is 10.0. The first-order valence-electron chi connectivity index (χ1n) is 12.2. The Morgan fingerprint density at radius 2 is 1.68 bits per heavy atom. The molecule has 9 nitrogen and oxygen atoms in total. The number of carbonyl (C=O) groups excluding carboxylic acids is 1. The van der Waals surface area contributed by atoms with Crippen molar-refractivity contribution >= 4 is 22.8 Å². The first-order chi connectivity index (χ1) is 17.9. The van der Waals surface area contributed by atoms with Crippen LogP contribution in [0.4, 0.5) is 10.1 Å². The van der Waals surface area contributed by atoms with E-state index in [1.165, 1.54) is 32.3 Å². The number of rotatable bonds is 4. The van der Waals surface area contributed by atoms with Crippen LogP contribution < -0.4 is 10.6 Å². The second kappa shape index (κ2) is 8.88. The Morgan fingerprint density at radius 3 is 2.41 bits per heavy atom. The number of piperazine rings is 1. The molecule has 0 bridgehead atoms. The zero-order valence-corrected chi connectivity index (χ0v) is 20.6. The molecule has 0 aliphatic carbocycles. The summed E-state index contributed by atoms with van der Waals surface area (Å²) in [5.74, 6) is -0.435. The molecule has 2 aromatic carbocycles. The van der Waals surface area contributed by atoms with Crippen LogP contribution in [0.3, 0.4) is 0 Å². The van der Waals surface area contributed by atoms with E-state index in [-0.39, 0.29) is 24.0 Å². The van der Waals surface area contributed by atoms with E-state index in [2.05, 4.69) is 41.1 Å². The number of nitrogens with zero attached hydrogens (tertiary/aromatic N) is 7. The monoisotopic (exact) mass is 499 g/mol. The van der Waals surface area contributed by atoms with E-state index in [1.54, 1.807) is 33.9 Å². The molecule has 4 heterocycles. The van der Waals surface area contributed by atoms with Crippen LogP contribution in [-0.2, 0) is 11.3 Å². The normalized spacial score (nSPS) is 14.1. The Hall–Kier alpha value is -4.47. The lowest BCUT2D eigenvalue weighted by Gasteiger charge is -2.36. The molecule has 10 heteroatoms. The number of aromatic nitrogens is 5. The lowest BCUT2D eigenvalue weighted by Crippen LogP contribution is -2.50. The summed E-state index contributed by atoms with van der Waals surface area (Å²) < 4.78 is 17.6. The SMILES string of the molecule is Cc1ccc(-c2cc3c4nn(CC(=O)N5CCN(c6ccc(F)cc6)CC5)c(=O)n4ccn3n2)cc1C. The number of aryl methyl sites for hydroxylation is 2. The summed E-state index contributed by atoms with van der Waals surface area (Å²) in [7, 11) is 0. The maximum Gasteiger partial charge on any atom is 0.350 e. The molecule has 0 spiro atoms. The number of carbonyl (C=O) groups is 1. The van der Waals surface area contributed by atoms with Crippen molar-refractivity contribution in [2.24, 2.45) is 0 Å². The van der Waals surface area contributed by atoms with Gasteiger partial charge in [0.2, 0.25) is 5.91 Å². The van der Waals surface area contributed by atoms with Crippen LogP contribution in [0.1, 0.15) is 11.1 Å². The predicted molar refractivity (Wildman–Crippen MR) is 138 cm³/mol. The molecule has 188 valence electrons. The summed E-state index contributed by atoms with van der Waals surface area (Å²) in [5, 5.41) is 9.16. The van der Waals surface area contributed by atoms with Crippen LogP contribution in [0.2, 0.25) is 0 Å². The van der Waals surface area contributed by atoms with Gasteiger partial charge in [-0.1, -0.05) is 12.1 Å². The van der Waals surface area contributed by atoms with Gasteiger partial charge in [0, 0.05) is 49.8 Å². The first-order valence-corrected chi connectivity index (χ1v) is 12.2. The van der Waals surface area contributed by atoms with Crippen molar-refractivity contribution in [3.05, 3.63) is 88.4 Å². The third-order valence-corrected chi connectivity index (χ3v) is 7.10. The molecule has 1 saturated heterocycles. The molecule has 0 saturated carbocycles. The minimum atomic E-state index is -0.371. The number of fused-ring (bicyclic) bond motifs is 3. The standard InChI is InChI=1S/C27H26FN7O2/c1-18-3-4-20(15-19(18)2)23-16-24-26-30-35(27(37)33(26)13-14-34(24)29-23)17-25(36)32-11-9-31(10-12-32)22-7-5-21(28)6-8-22/h3-8,13-16H,9-12,17H2,1-2H3. The third kappa shape index (κ3) is 4.14. The van der Waals surface area contributed by atoms with Gasteiger partial charge in [0.15, 0.2) is 5.65 Å². The molecule has 1 fully saturated rings. The second-order valence-electron chi connectivity index (χ2n) is 9.43. The minimum absolute atomic E-state index is 0.138. The maximum absolute atomic E-state index is 13.2. The third-order valence-electron chi connectivity index (χ3n) is 7.10. The highest BCUT2D eigenvalue weighted by Crippen LogP contribution is 2.23. The largest absolute Gasteiger partial charge is 0.368 e. The fourth-order valence-electron chi connectivity index (χ4n) is 4.77. The van der Waals surface area contributed by atoms with Gasteiger partial charge < -0.3 is 9.80 Å². The van der Waals surface area contributed by atoms with Crippen LogP contribution in [-0.4, -0.2) is 60.8 Å². The van der Waals surface area contributed by atoms with Gasteiger partial charge in [-0.05, 0) is 61.4 Å². The average Bonchev–Trinajstić information content (AvgIpc) is 3.48. The summed E-state index contributed by atoms with van der Waals surface area (Å²) in [5.41, 5.74) is 5.85. The molecule has 0 radical (unpaired) electrons. The van der Waals surface area contributed by atoms with E-state index < -0.39 is 0 Å². The highest BCUT2D eigenvalue weighted by Gasteiger charge is 2.23. The number of halogens is 1. The molecular formula is C27H26FN7O2. The van der Waals surface area contributed by atoms with Gasteiger partial charge in [0.1, 0.15) is 17.9 Å². The van der Waals surface area contributed by atoms with Crippen LogP contribution >= 0.6 is 0 Å². The van der Waals surface area contributed by atoms with Gasteiger partial charge in [0.05, 0.1) is 5.69 Å². The smallest absolute Gasteiger partial charge is 0.350 e. The maximum atomic E-state index is 13.2. The fraction of sp³-hybridized carbons (Fsp3) is 0.259. The Morgan fingerprint density at radius 1 is 0.919 bits per heavy atom. The quantitative estimate of drug-likeness (QED) is 0.380. The van der Waals surface area contributed by atoms with E-state index in [4.69, 9.17) is 0 Å². The van der Waals surface area contributed by atoms with E-state index >= 15 is 0 Å². The second-order valence-corrected chi connectivity index (χ2v) is 9.43. The van der Waals surface area contributed by atoms with Gasteiger partial charge in [-0.2, -0.15) is 5.10 Å². The zero-order valence-electron chi connectivity index (χ0n) is 20.6. The van der Waals surface area contributed by atoms with Crippen molar-refractivity contribution in [1.29, 1.82) is 0 Å². The Balaban J connectivity index is 1.22. The molecule has 5 aromatic rings. The fourth-order valence-corrected chi connectivity index (χ4v) is 4.77. The van der Waals surface area contributed by atoms with Crippen LogP contribution in [0.25, 0.3) is 22.4 Å². The van der Waals surface area contributed by atoms with Crippen molar-refractivity contribution < 1.29 is 9.18 Å². The van der Waals surface area contributed by atoms with Crippen molar-refractivity contribution in [2.45, 2.75) is 20.4 Å². The van der Waals surface area contributed by atoms with Crippen LogP contribution in [0, 0.1) is 19.7 Å². The van der Waals surface area contributed by atoms with E-state index in [9.17, 15) is 14.0 Å². The molecule has 6 rings (SSSR count). The lowest BCUT2D eigenvalue weighted by molar-refractivity contribution is -0.132. The van der Waals surface area contributed by atoms with Crippen LogP contribution in [0.15, 0.2) is 65.7 Å². The van der Waals surface area contributed by atoms with E-state index in [0.717, 1.165) is 16.9 Å². The molecule has 1 aliphatic rings. The molecule has 0 unspecified atom stereocenters. The minimum Gasteiger partial charge on any atom is -0.368 e. The number of anilines is 1. The molecule has 37 heavy (non-hydrogen) atoms. The molecular weight excluding hydrogens is 473 g/mol. The van der Waals surface area contributed by atoms with Crippen molar-refractivity contribution in [3.8, 4) is 11.3 Å². The van der Waals surface area contributed by atoms with Gasteiger partial charge >= 0.3 is 5.69 Å². The van der Waals surface area contributed by atoms with E-state index in [0.29, 0.717) is 37.3 Å². The molecule has 3 aromatic heterocycles. The summed E-state index contributed by atoms with van der Waals surface area (Å²) in [4.78, 5) is 29.9. The Bertz CT molecular complexity index is 1690. The van der Waals surface area contributed by atoms with Gasteiger partial charge in [0.25, 0.3) is 0 Å². The summed E-state index contributed by atoms with van der Waals surface area (Å²) in [6, 6.07) is 14.4. The summed E-state index contributed by atoms with van der Waals surface area (Å²) in [6.07, 6.45) is 3.34. The number of amides is 1. The van der Waals surface area contributed by atoms with Crippen LogP contribution in [0.5, 0.6) is 0 Å². The number of hydrogen-bond donors (Lipinski definition) is 0. The van der Waals surface area contributed by atoms with Gasteiger partial charge in [-0.15, -0.1) is 5.10 Å². The predicted octanol–water partition coefficient (Wildman–Crippen LogP) is 2.92. The summed E-state index contributed by atoms with van der Waals surface area (Å²) >= 11 is 0. The number of benzene rings is 2. The molecule has 1 amide bonds. The Kier molecular flexibility index (Phi) is 5.51. The van der Waals surface area contributed by atoms with Crippen molar-refractivity contribution in [1.82, 2.24) is 28.7 Å². The summed E-state index contributed by atoms with van der Waals surface area (Å²) in [6.45, 7) is 6.30. The first kappa shape index (κ1) is 23.0. The zero-order chi connectivity index (χ0) is 25.7. The molecule has 0 N–H and O–H groups in total. The highest BCUT2D eigenvalue weighted by atomic mass is 19.1. The van der Waals surface area contributed by atoms with Gasteiger partial charge in [-0.25, -0.2) is 22.8 Å². The van der Waals surface area contributed by atoms with E-state index in [1.807, 2.05) is 12.1 Å². The molecule has 1 aliphatic heterocycles. The van der Waals surface area contributed by atoms with Crippen molar-refractivity contribution in [2.75, 3.05) is 31.1 Å².